The summed E-state index contributed by atoms with van der Waals surface area (Å²) in [7, 11) is 0. The van der Waals surface area contributed by atoms with Crippen LogP contribution in [0.15, 0.2) is 0 Å². The quantitative estimate of drug-likeness (QED) is 0.626. The highest BCUT2D eigenvalue weighted by atomic mass is 32.2. The molecule has 0 unspecified atom stereocenters. The first-order chi connectivity index (χ1) is 6.41. The Morgan fingerprint density at radius 2 is 2.21 bits per heavy atom. The molecular formula is C9H19NO3S. The van der Waals surface area contributed by atoms with Crippen LogP contribution in [0.1, 0.15) is 20.8 Å². The van der Waals surface area contributed by atoms with E-state index in [4.69, 9.17) is 15.6 Å². The molecule has 14 heavy (non-hydrogen) atoms. The predicted molar refractivity (Wildman–Crippen MR) is 58.6 cm³/mol. The molecule has 5 heteroatoms. The number of aliphatic carboxylic acids is 1. The van der Waals surface area contributed by atoms with Gasteiger partial charge in [0.2, 0.25) is 0 Å². The van der Waals surface area contributed by atoms with Crippen molar-refractivity contribution in [3.63, 3.8) is 0 Å². The van der Waals surface area contributed by atoms with Gasteiger partial charge < -0.3 is 15.6 Å². The molecule has 0 aliphatic heterocycles. The van der Waals surface area contributed by atoms with Gasteiger partial charge in [0.25, 0.3) is 0 Å². The van der Waals surface area contributed by atoms with E-state index >= 15 is 0 Å². The van der Waals surface area contributed by atoms with E-state index < -0.39 is 16.8 Å². The maximum Gasteiger partial charge on any atom is 0.321 e. The average Bonchev–Trinajstić information content (AvgIpc) is 2.11. The monoisotopic (exact) mass is 221 g/mol. The first-order valence-electron chi connectivity index (χ1n) is 4.62. The number of carboxylic acids is 1. The predicted octanol–water partition coefficient (Wildman–Crippen LogP) is 0.947. The summed E-state index contributed by atoms with van der Waals surface area (Å²) in [6.45, 7) is 6.92. The van der Waals surface area contributed by atoms with Crippen molar-refractivity contribution in [3.05, 3.63) is 0 Å². The number of thioether (sulfide) groups is 1. The number of carbonyl (C=O) groups is 1. The van der Waals surface area contributed by atoms with Gasteiger partial charge in [-0.2, -0.15) is 11.8 Å². The molecule has 0 heterocycles. The molecule has 0 bridgehead atoms. The van der Waals surface area contributed by atoms with Crippen molar-refractivity contribution in [2.24, 2.45) is 5.73 Å². The highest BCUT2D eigenvalue weighted by Crippen LogP contribution is 2.27. The van der Waals surface area contributed by atoms with Crippen molar-refractivity contribution in [1.82, 2.24) is 0 Å². The lowest BCUT2D eigenvalue weighted by atomic mass is 10.1. The van der Waals surface area contributed by atoms with Gasteiger partial charge in [-0.25, -0.2) is 0 Å². The molecule has 0 aliphatic rings. The molecule has 3 N–H and O–H groups in total. The summed E-state index contributed by atoms with van der Waals surface area (Å²) < 4.78 is 4.70. The molecule has 0 fully saturated rings. The zero-order chi connectivity index (χ0) is 11.2. The molecule has 1 atom stereocenters. The van der Waals surface area contributed by atoms with E-state index in [1.165, 1.54) is 11.8 Å². The Bertz CT molecular complexity index is 185. The zero-order valence-corrected chi connectivity index (χ0v) is 9.76. The van der Waals surface area contributed by atoms with E-state index in [1.807, 2.05) is 20.8 Å². The normalized spacial score (nSPS) is 14.0. The second kappa shape index (κ2) is 6.27. The van der Waals surface area contributed by atoms with Crippen LogP contribution in [-0.2, 0) is 9.53 Å². The number of ether oxygens (including phenoxy) is 1. The number of rotatable bonds is 7. The minimum absolute atomic E-state index is 0.455. The van der Waals surface area contributed by atoms with Crippen molar-refractivity contribution in [1.29, 1.82) is 0 Å². The topological polar surface area (TPSA) is 72.5 Å². The molecule has 0 rings (SSSR count). The van der Waals surface area contributed by atoms with Crippen LogP contribution in [0.2, 0.25) is 0 Å². The molecule has 0 aromatic rings. The molecule has 0 radical (unpaired) electrons. The number of hydrogen-bond donors (Lipinski definition) is 2. The van der Waals surface area contributed by atoms with Gasteiger partial charge in [0.1, 0.15) is 6.04 Å². The molecule has 0 saturated carbocycles. The van der Waals surface area contributed by atoms with E-state index in [-0.39, 0.29) is 0 Å². The number of hydrogen-bond acceptors (Lipinski definition) is 4. The van der Waals surface area contributed by atoms with Crippen LogP contribution in [0.5, 0.6) is 0 Å². The van der Waals surface area contributed by atoms with Crippen LogP contribution in [0.4, 0.5) is 0 Å². The smallest absolute Gasteiger partial charge is 0.321 e. The number of carboxylic acid groups (broad SMARTS) is 1. The van der Waals surface area contributed by atoms with E-state index in [0.29, 0.717) is 13.2 Å². The lowest BCUT2D eigenvalue weighted by Gasteiger charge is -2.27. The first kappa shape index (κ1) is 13.7. The van der Waals surface area contributed by atoms with Crippen molar-refractivity contribution >= 4 is 17.7 Å². The third-order valence-electron chi connectivity index (χ3n) is 1.92. The summed E-state index contributed by atoms with van der Waals surface area (Å²) >= 11 is 1.52. The minimum Gasteiger partial charge on any atom is -0.480 e. The van der Waals surface area contributed by atoms with Crippen molar-refractivity contribution in [2.75, 3.05) is 19.0 Å². The Morgan fingerprint density at radius 3 is 2.64 bits per heavy atom. The van der Waals surface area contributed by atoms with Gasteiger partial charge in [0.05, 0.1) is 6.61 Å². The van der Waals surface area contributed by atoms with Gasteiger partial charge >= 0.3 is 5.97 Å². The third-order valence-corrected chi connectivity index (χ3v) is 3.29. The maximum atomic E-state index is 10.7. The van der Waals surface area contributed by atoms with Crippen LogP contribution >= 0.6 is 11.8 Å². The fourth-order valence-electron chi connectivity index (χ4n) is 0.895. The van der Waals surface area contributed by atoms with Crippen molar-refractivity contribution in [3.8, 4) is 0 Å². The maximum absolute atomic E-state index is 10.7. The zero-order valence-electron chi connectivity index (χ0n) is 8.95. The molecule has 84 valence electrons. The summed E-state index contributed by atoms with van der Waals surface area (Å²) in [5.41, 5.74) is 5.55. The molecule has 4 nitrogen and oxygen atoms in total. The fourth-order valence-corrected chi connectivity index (χ4v) is 1.90. The summed E-state index contributed by atoms with van der Waals surface area (Å²) in [5.74, 6) is -0.194. The van der Waals surface area contributed by atoms with E-state index in [0.717, 1.165) is 5.75 Å². The number of nitrogens with two attached hydrogens (primary N) is 1. The Morgan fingerprint density at radius 1 is 1.64 bits per heavy atom. The van der Waals surface area contributed by atoms with Crippen LogP contribution in [0, 0.1) is 0 Å². The van der Waals surface area contributed by atoms with Crippen LogP contribution < -0.4 is 5.73 Å². The molecular weight excluding hydrogens is 202 g/mol. The highest BCUT2D eigenvalue weighted by Gasteiger charge is 2.32. The van der Waals surface area contributed by atoms with Crippen LogP contribution in [-0.4, -0.2) is 40.8 Å². The summed E-state index contributed by atoms with van der Waals surface area (Å²) in [4.78, 5) is 10.7. The lowest BCUT2D eigenvalue weighted by molar-refractivity contribution is -0.139. The second-order valence-electron chi connectivity index (χ2n) is 3.46. The Kier molecular flexibility index (Phi) is 6.15. The minimum atomic E-state index is -0.959. The molecule has 0 aromatic heterocycles. The highest BCUT2D eigenvalue weighted by molar-refractivity contribution is 8.00. The third kappa shape index (κ3) is 4.83. The van der Waals surface area contributed by atoms with Crippen LogP contribution in [0.3, 0.4) is 0 Å². The Labute approximate surface area is 89.2 Å². The first-order valence-corrected chi connectivity index (χ1v) is 5.60. The van der Waals surface area contributed by atoms with Gasteiger partial charge in [0.15, 0.2) is 0 Å². The average molecular weight is 221 g/mol. The van der Waals surface area contributed by atoms with E-state index in [1.54, 1.807) is 0 Å². The van der Waals surface area contributed by atoms with E-state index in [9.17, 15) is 4.79 Å². The van der Waals surface area contributed by atoms with Gasteiger partial charge in [-0.3, -0.25) is 4.79 Å². The molecule has 0 aliphatic carbocycles. The van der Waals surface area contributed by atoms with Gasteiger partial charge in [-0.1, -0.05) is 0 Å². The molecule has 0 spiro atoms. The Hall–Kier alpha value is -0.260. The second-order valence-corrected chi connectivity index (χ2v) is 5.21. The molecule has 0 aromatic carbocycles. The van der Waals surface area contributed by atoms with Gasteiger partial charge in [-0.15, -0.1) is 0 Å². The standard InChI is InChI=1S/C9H19NO3S/c1-4-13-5-6-14-9(2,3)7(10)8(11)12/h7H,4-6,10H2,1-3H3,(H,11,12)/t7-/m0/s1. The van der Waals surface area contributed by atoms with Gasteiger partial charge in [-0.05, 0) is 20.8 Å². The van der Waals surface area contributed by atoms with Crippen molar-refractivity contribution < 1.29 is 14.6 Å². The Balaban J connectivity index is 3.88. The largest absolute Gasteiger partial charge is 0.480 e. The van der Waals surface area contributed by atoms with Crippen molar-refractivity contribution in [2.45, 2.75) is 31.6 Å². The molecule has 0 saturated heterocycles. The van der Waals surface area contributed by atoms with E-state index in [2.05, 4.69) is 0 Å². The molecule has 0 amide bonds. The lowest BCUT2D eigenvalue weighted by Crippen LogP contribution is -2.47. The van der Waals surface area contributed by atoms with Crippen LogP contribution in [0.25, 0.3) is 0 Å². The fraction of sp³-hybridized carbons (Fsp3) is 0.889. The summed E-state index contributed by atoms with van der Waals surface area (Å²) in [6.07, 6.45) is 0. The summed E-state index contributed by atoms with van der Waals surface area (Å²) in [6, 6.07) is -0.839. The van der Waals surface area contributed by atoms with Gasteiger partial charge in [0, 0.05) is 17.1 Å². The summed E-state index contributed by atoms with van der Waals surface area (Å²) in [5, 5.41) is 8.75. The SMILES string of the molecule is CCOCCSC(C)(C)[C@@H](N)C(=O)O.